The van der Waals surface area contributed by atoms with Gasteiger partial charge in [-0.1, -0.05) is 0 Å². The highest BCUT2D eigenvalue weighted by Gasteiger charge is 2.33. The van der Waals surface area contributed by atoms with Crippen LogP contribution in [0.5, 0.6) is 5.75 Å². The maximum absolute atomic E-state index is 13.4. The second-order valence-corrected chi connectivity index (χ2v) is 5.75. The first-order chi connectivity index (χ1) is 10.0. The third-order valence-corrected chi connectivity index (χ3v) is 2.73. The minimum Gasteiger partial charge on any atom is -0.508 e. The fraction of sp³-hybridized carbons (Fsp3) is 0.467. The molecular weight excluding hydrogens is 293 g/mol. The van der Waals surface area contributed by atoms with Gasteiger partial charge in [-0.3, -0.25) is 4.90 Å². The fourth-order valence-corrected chi connectivity index (χ4v) is 1.95. The lowest BCUT2D eigenvalue weighted by Crippen LogP contribution is -2.42. The molecule has 0 heterocycles. The van der Waals surface area contributed by atoms with Crippen molar-refractivity contribution in [3.8, 4) is 5.75 Å². The minimum atomic E-state index is -1.46. The summed E-state index contributed by atoms with van der Waals surface area (Å²) in [7, 11) is 0. The molecule has 7 heteroatoms. The Bertz CT molecular complexity index is 547. The highest BCUT2D eigenvalue weighted by molar-refractivity contribution is 5.81. The molecule has 0 spiro atoms. The molecular formula is C15H20FNO5. The maximum atomic E-state index is 13.4. The molecule has 1 aromatic rings. The number of hydrogen-bond acceptors (Lipinski definition) is 4. The van der Waals surface area contributed by atoms with Crippen LogP contribution in [-0.4, -0.2) is 39.3 Å². The Morgan fingerprint density at radius 3 is 2.32 bits per heavy atom. The van der Waals surface area contributed by atoms with Crippen molar-refractivity contribution in [3.63, 3.8) is 0 Å². The lowest BCUT2D eigenvalue weighted by Gasteiger charge is -2.30. The van der Waals surface area contributed by atoms with Crippen LogP contribution in [-0.2, 0) is 9.53 Å². The van der Waals surface area contributed by atoms with Crippen molar-refractivity contribution in [2.75, 3.05) is 6.54 Å². The lowest BCUT2D eigenvalue weighted by molar-refractivity contribution is -0.143. The predicted molar refractivity (Wildman–Crippen MR) is 77.1 cm³/mol. The number of halogens is 1. The monoisotopic (exact) mass is 313 g/mol. The number of rotatable bonds is 4. The molecule has 0 radical (unpaired) electrons. The van der Waals surface area contributed by atoms with Gasteiger partial charge in [0.2, 0.25) is 0 Å². The first kappa shape index (κ1) is 17.7. The number of ether oxygens (including phenoxy) is 1. The Balaban J connectivity index is 3.22. The first-order valence-electron chi connectivity index (χ1n) is 6.77. The van der Waals surface area contributed by atoms with Gasteiger partial charge in [0.05, 0.1) is 0 Å². The van der Waals surface area contributed by atoms with Crippen LogP contribution < -0.4 is 0 Å². The van der Waals surface area contributed by atoms with Crippen molar-refractivity contribution in [3.05, 3.63) is 29.6 Å². The highest BCUT2D eigenvalue weighted by atomic mass is 19.1. The van der Waals surface area contributed by atoms with Crippen molar-refractivity contribution < 1.29 is 28.9 Å². The summed E-state index contributed by atoms with van der Waals surface area (Å²) >= 11 is 0. The zero-order valence-electron chi connectivity index (χ0n) is 13.0. The van der Waals surface area contributed by atoms with E-state index in [1.165, 1.54) is 0 Å². The molecule has 0 aromatic heterocycles. The summed E-state index contributed by atoms with van der Waals surface area (Å²) in [6.45, 7) is 6.59. The number of likely N-dealkylation sites (N-methyl/N-ethyl adjacent to an activating group) is 1. The van der Waals surface area contributed by atoms with Crippen LogP contribution in [0.4, 0.5) is 9.18 Å². The SMILES string of the molecule is CCN(C(=O)OC(C)(C)C)C(C(=O)O)c1cc(O)cc(F)c1. The van der Waals surface area contributed by atoms with Gasteiger partial charge in [-0.25, -0.2) is 14.0 Å². The Morgan fingerprint density at radius 2 is 1.91 bits per heavy atom. The number of benzene rings is 1. The number of carboxylic acids is 1. The molecule has 0 bridgehead atoms. The summed E-state index contributed by atoms with van der Waals surface area (Å²) in [5.74, 6) is -2.55. The molecule has 1 unspecified atom stereocenters. The average molecular weight is 313 g/mol. The van der Waals surface area contributed by atoms with Crippen LogP contribution in [0.3, 0.4) is 0 Å². The van der Waals surface area contributed by atoms with Gasteiger partial charge in [0.15, 0.2) is 6.04 Å². The van der Waals surface area contributed by atoms with Crippen LogP contribution in [0.1, 0.15) is 39.3 Å². The first-order valence-corrected chi connectivity index (χ1v) is 6.77. The number of phenolic OH excluding ortho intramolecular Hbond substituents is 1. The molecule has 1 aromatic carbocycles. The molecule has 6 nitrogen and oxygen atoms in total. The molecule has 122 valence electrons. The number of nitrogens with zero attached hydrogens (tertiary/aromatic N) is 1. The summed E-state index contributed by atoms with van der Waals surface area (Å²) in [4.78, 5) is 24.7. The molecule has 0 fully saturated rings. The normalized spacial score (nSPS) is 12.6. The largest absolute Gasteiger partial charge is 0.508 e. The summed E-state index contributed by atoms with van der Waals surface area (Å²) in [6, 6.07) is 1.47. The standard InChI is InChI=1S/C15H20FNO5/c1-5-17(14(21)22-15(2,3)4)12(13(19)20)9-6-10(16)8-11(18)7-9/h6-8,12,18H,5H2,1-4H3,(H,19,20). The van der Waals surface area contributed by atoms with E-state index in [1.54, 1.807) is 27.7 Å². The Kier molecular flexibility index (Phi) is 5.35. The molecule has 0 aliphatic carbocycles. The van der Waals surface area contributed by atoms with E-state index in [-0.39, 0.29) is 12.1 Å². The van der Waals surface area contributed by atoms with Gasteiger partial charge >= 0.3 is 12.1 Å². The van der Waals surface area contributed by atoms with Gasteiger partial charge < -0.3 is 14.9 Å². The van der Waals surface area contributed by atoms with Crippen molar-refractivity contribution in [1.82, 2.24) is 4.90 Å². The number of carbonyl (C=O) groups excluding carboxylic acids is 1. The van der Waals surface area contributed by atoms with Crippen LogP contribution in [0.15, 0.2) is 18.2 Å². The van der Waals surface area contributed by atoms with E-state index in [4.69, 9.17) is 4.74 Å². The molecule has 0 saturated heterocycles. The number of amides is 1. The van der Waals surface area contributed by atoms with Crippen molar-refractivity contribution in [2.45, 2.75) is 39.3 Å². The van der Waals surface area contributed by atoms with Crippen LogP contribution >= 0.6 is 0 Å². The van der Waals surface area contributed by atoms with Gasteiger partial charge in [0, 0.05) is 12.6 Å². The Morgan fingerprint density at radius 1 is 1.32 bits per heavy atom. The van der Waals surface area contributed by atoms with E-state index < -0.39 is 35.3 Å². The molecule has 1 amide bonds. The number of carboxylic acid groups (broad SMARTS) is 1. The number of carbonyl (C=O) groups is 2. The highest BCUT2D eigenvalue weighted by Crippen LogP contribution is 2.27. The van der Waals surface area contributed by atoms with Crippen molar-refractivity contribution in [1.29, 1.82) is 0 Å². The van der Waals surface area contributed by atoms with Crippen LogP contribution in [0, 0.1) is 5.82 Å². The second kappa shape index (κ2) is 6.64. The third kappa shape index (κ3) is 4.61. The molecule has 2 N–H and O–H groups in total. The van der Waals surface area contributed by atoms with Crippen LogP contribution in [0.25, 0.3) is 0 Å². The molecule has 0 aliphatic heterocycles. The zero-order chi connectivity index (χ0) is 17.1. The number of hydrogen-bond donors (Lipinski definition) is 2. The van der Waals surface area contributed by atoms with E-state index in [9.17, 15) is 24.2 Å². The maximum Gasteiger partial charge on any atom is 0.411 e. The zero-order valence-corrected chi connectivity index (χ0v) is 13.0. The van der Waals surface area contributed by atoms with Gasteiger partial charge in [0.25, 0.3) is 0 Å². The third-order valence-electron chi connectivity index (χ3n) is 2.73. The smallest absolute Gasteiger partial charge is 0.411 e. The Hall–Kier alpha value is -2.31. The molecule has 1 atom stereocenters. The van der Waals surface area contributed by atoms with Gasteiger partial charge in [-0.2, -0.15) is 0 Å². The fourth-order valence-electron chi connectivity index (χ4n) is 1.95. The van der Waals surface area contributed by atoms with Crippen molar-refractivity contribution >= 4 is 12.1 Å². The van der Waals surface area contributed by atoms with Gasteiger partial charge in [0.1, 0.15) is 17.2 Å². The Labute approximate surface area is 128 Å². The molecule has 1 rings (SSSR count). The minimum absolute atomic E-state index is 0.0438. The van der Waals surface area contributed by atoms with Gasteiger partial charge in [-0.15, -0.1) is 0 Å². The topological polar surface area (TPSA) is 87.1 Å². The summed E-state index contributed by atoms with van der Waals surface area (Å²) in [5, 5.41) is 18.8. The molecule has 0 aliphatic rings. The average Bonchev–Trinajstić information content (AvgIpc) is 2.31. The van der Waals surface area contributed by atoms with E-state index in [0.717, 1.165) is 23.1 Å². The predicted octanol–water partition coefficient (Wildman–Crippen LogP) is 2.91. The second-order valence-electron chi connectivity index (χ2n) is 5.75. The van der Waals surface area contributed by atoms with Gasteiger partial charge in [-0.05, 0) is 45.4 Å². The van der Waals surface area contributed by atoms with Crippen molar-refractivity contribution in [2.24, 2.45) is 0 Å². The summed E-state index contributed by atoms with van der Waals surface area (Å²) in [5.41, 5.74) is -0.838. The number of phenols is 1. The van der Waals surface area contributed by atoms with E-state index >= 15 is 0 Å². The van der Waals surface area contributed by atoms with E-state index in [1.807, 2.05) is 0 Å². The van der Waals surface area contributed by atoms with E-state index in [0.29, 0.717) is 0 Å². The quantitative estimate of drug-likeness (QED) is 0.892. The molecule has 0 saturated carbocycles. The number of aromatic hydroxyl groups is 1. The lowest BCUT2D eigenvalue weighted by atomic mass is 10.0. The van der Waals surface area contributed by atoms with Crippen LogP contribution in [0.2, 0.25) is 0 Å². The number of aliphatic carboxylic acids is 1. The van der Waals surface area contributed by atoms with E-state index in [2.05, 4.69) is 0 Å². The molecule has 22 heavy (non-hydrogen) atoms. The summed E-state index contributed by atoms with van der Waals surface area (Å²) in [6.07, 6.45) is -0.828. The summed E-state index contributed by atoms with van der Waals surface area (Å²) < 4.78 is 18.6.